The summed E-state index contributed by atoms with van der Waals surface area (Å²) in [6.07, 6.45) is 0.556. The van der Waals surface area contributed by atoms with Crippen LogP contribution in [0.1, 0.15) is 6.42 Å². The fraction of sp³-hybridized carbons (Fsp3) is 0.364. The number of para-hydroxylation sites is 1. The van der Waals surface area contributed by atoms with Gasteiger partial charge in [0.15, 0.2) is 6.61 Å². The minimum absolute atomic E-state index is 0.0198. The van der Waals surface area contributed by atoms with Crippen molar-refractivity contribution in [1.82, 2.24) is 5.32 Å². The van der Waals surface area contributed by atoms with Crippen molar-refractivity contribution in [2.24, 2.45) is 0 Å². The van der Waals surface area contributed by atoms with E-state index in [0.717, 1.165) is 4.47 Å². The second-order valence-electron chi connectivity index (χ2n) is 3.15. The van der Waals surface area contributed by atoms with Crippen molar-refractivity contribution in [2.45, 2.75) is 6.42 Å². The lowest BCUT2D eigenvalue weighted by Gasteiger charge is -2.08. The number of rotatable bonds is 6. The van der Waals surface area contributed by atoms with Crippen LogP contribution in [0, 0.1) is 0 Å². The van der Waals surface area contributed by atoms with E-state index < -0.39 is 0 Å². The number of carbonyl (C=O) groups is 1. The molecule has 0 aliphatic heterocycles. The second-order valence-corrected chi connectivity index (χ2v) is 4.00. The summed E-state index contributed by atoms with van der Waals surface area (Å²) in [5.41, 5.74) is 0. The van der Waals surface area contributed by atoms with Gasteiger partial charge >= 0.3 is 0 Å². The summed E-state index contributed by atoms with van der Waals surface area (Å²) in [6, 6.07) is 7.34. The Morgan fingerprint density at radius 3 is 2.88 bits per heavy atom. The van der Waals surface area contributed by atoms with Crippen LogP contribution in [0.3, 0.4) is 0 Å². The Morgan fingerprint density at radius 2 is 2.19 bits per heavy atom. The third-order valence-corrected chi connectivity index (χ3v) is 2.51. The zero-order valence-corrected chi connectivity index (χ0v) is 10.4. The average molecular weight is 288 g/mol. The van der Waals surface area contributed by atoms with E-state index in [1.165, 1.54) is 0 Å². The molecule has 5 heteroatoms. The van der Waals surface area contributed by atoms with E-state index in [4.69, 9.17) is 9.84 Å². The molecule has 0 bridgehead atoms. The van der Waals surface area contributed by atoms with Gasteiger partial charge in [0.2, 0.25) is 0 Å². The van der Waals surface area contributed by atoms with Crippen LogP contribution in [0.2, 0.25) is 0 Å². The van der Waals surface area contributed by atoms with Gasteiger partial charge < -0.3 is 15.2 Å². The highest BCUT2D eigenvalue weighted by Gasteiger charge is 2.03. The lowest BCUT2D eigenvalue weighted by atomic mass is 10.3. The van der Waals surface area contributed by atoms with Gasteiger partial charge in [0.05, 0.1) is 4.47 Å². The number of hydrogen-bond acceptors (Lipinski definition) is 3. The number of aliphatic hydroxyl groups is 1. The molecular formula is C11H14BrNO3. The summed E-state index contributed by atoms with van der Waals surface area (Å²) in [5.74, 6) is 0.448. The van der Waals surface area contributed by atoms with Crippen molar-refractivity contribution in [2.75, 3.05) is 19.8 Å². The van der Waals surface area contributed by atoms with Gasteiger partial charge in [-0.3, -0.25) is 4.79 Å². The molecule has 0 saturated carbocycles. The molecule has 0 aromatic heterocycles. The van der Waals surface area contributed by atoms with Crippen molar-refractivity contribution in [3.8, 4) is 5.75 Å². The van der Waals surface area contributed by atoms with E-state index in [1.54, 1.807) is 6.07 Å². The minimum atomic E-state index is -0.191. The highest BCUT2D eigenvalue weighted by atomic mass is 79.9. The summed E-state index contributed by atoms with van der Waals surface area (Å²) in [6.45, 7) is 0.522. The number of benzene rings is 1. The Kier molecular flexibility index (Phi) is 5.88. The quantitative estimate of drug-likeness (QED) is 0.776. The molecule has 0 unspecified atom stereocenters. The molecule has 0 spiro atoms. The minimum Gasteiger partial charge on any atom is -0.483 e. The summed E-state index contributed by atoms with van der Waals surface area (Å²) in [7, 11) is 0. The summed E-state index contributed by atoms with van der Waals surface area (Å²) >= 11 is 3.32. The number of hydrogen-bond donors (Lipinski definition) is 2. The maximum absolute atomic E-state index is 11.3. The van der Waals surface area contributed by atoms with Crippen molar-refractivity contribution in [3.05, 3.63) is 28.7 Å². The molecule has 88 valence electrons. The van der Waals surface area contributed by atoms with Gasteiger partial charge in [0, 0.05) is 13.2 Å². The average Bonchev–Trinajstić information content (AvgIpc) is 2.28. The predicted octanol–water partition coefficient (Wildman–Crippen LogP) is 1.33. The first-order chi connectivity index (χ1) is 7.74. The van der Waals surface area contributed by atoms with Crippen LogP contribution in [0.4, 0.5) is 0 Å². The van der Waals surface area contributed by atoms with E-state index in [1.807, 2.05) is 18.2 Å². The molecule has 1 rings (SSSR count). The van der Waals surface area contributed by atoms with Crippen LogP contribution < -0.4 is 10.1 Å². The summed E-state index contributed by atoms with van der Waals surface area (Å²) < 4.78 is 6.13. The third kappa shape index (κ3) is 4.63. The SMILES string of the molecule is O=C(COc1ccccc1Br)NCCCO. The first-order valence-corrected chi connectivity index (χ1v) is 5.78. The highest BCUT2D eigenvalue weighted by molar-refractivity contribution is 9.10. The van der Waals surface area contributed by atoms with Crippen LogP contribution in [-0.2, 0) is 4.79 Å². The molecule has 16 heavy (non-hydrogen) atoms. The number of amides is 1. The molecule has 1 amide bonds. The molecule has 0 fully saturated rings. The molecule has 4 nitrogen and oxygen atoms in total. The summed E-state index contributed by atoms with van der Waals surface area (Å²) in [4.78, 5) is 11.3. The van der Waals surface area contributed by atoms with Crippen molar-refractivity contribution < 1.29 is 14.6 Å². The normalized spacial score (nSPS) is 9.88. The van der Waals surface area contributed by atoms with Gasteiger partial charge in [-0.2, -0.15) is 0 Å². The molecule has 0 radical (unpaired) electrons. The maximum atomic E-state index is 11.3. The van der Waals surface area contributed by atoms with Gasteiger partial charge in [-0.05, 0) is 34.5 Å². The Bertz CT molecular complexity index is 344. The zero-order valence-electron chi connectivity index (χ0n) is 8.78. The van der Waals surface area contributed by atoms with E-state index in [2.05, 4.69) is 21.2 Å². The Morgan fingerprint density at radius 1 is 1.44 bits per heavy atom. The van der Waals surface area contributed by atoms with E-state index in [-0.39, 0.29) is 19.1 Å². The molecule has 1 aromatic carbocycles. The standard InChI is InChI=1S/C11H14BrNO3/c12-9-4-1-2-5-10(9)16-8-11(15)13-6-3-7-14/h1-2,4-5,14H,3,6-8H2,(H,13,15). The Labute approximate surface area is 103 Å². The van der Waals surface area contributed by atoms with Crippen LogP contribution in [-0.4, -0.2) is 30.8 Å². The van der Waals surface area contributed by atoms with E-state index >= 15 is 0 Å². The first-order valence-electron chi connectivity index (χ1n) is 4.99. The molecule has 1 aromatic rings. The monoisotopic (exact) mass is 287 g/mol. The molecule has 2 N–H and O–H groups in total. The fourth-order valence-electron chi connectivity index (χ4n) is 1.06. The van der Waals surface area contributed by atoms with Crippen molar-refractivity contribution in [1.29, 1.82) is 0 Å². The number of halogens is 1. The highest BCUT2D eigenvalue weighted by Crippen LogP contribution is 2.23. The molecule has 0 aliphatic rings. The number of aliphatic hydroxyl groups excluding tert-OH is 1. The van der Waals surface area contributed by atoms with Gasteiger partial charge in [-0.15, -0.1) is 0 Å². The molecular weight excluding hydrogens is 274 g/mol. The van der Waals surface area contributed by atoms with Gasteiger partial charge in [0.1, 0.15) is 5.75 Å². The molecule has 0 saturated heterocycles. The fourth-order valence-corrected chi connectivity index (χ4v) is 1.46. The van der Waals surface area contributed by atoms with E-state index in [9.17, 15) is 4.79 Å². The zero-order chi connectivity index (χ0) is 11.8. The summed E-state index contributed by atoms with van der Waals surface area (Å²) in [5, 5.41) is 11.2. The largest absolute Gasteiger partial charge is 0.483 e. The van der Waals surface area contributed by atoms with Crippen LogP contribution in [0.5, 0.6) is 5.75 Å². The number of carbonyl (C=O) groups excluding carboxylic acids is 1. The van der Waals surface area contributed by atoms with Crippen LogP contribution >= 0.6 is 15.9 Å². The third-order valence-electron chi connectivity index (χ3n) is 1.85. The lowest BCUT2D eigenvalue weighted by Crippen LogP contribution is -2.30. The first kappa shape index (κ1) is 13.0. The van der Waals surface area contributed by atoms with Crippen LogP contribution in [0.15, 0.2) is 28.7 Å². The maximum Gasteiger partial charge on any atom is 0.257 e. The lowest BCUT2D eigenvalue weighted by molar-refractivity contribution is -0.123. The van der Waals surface area contributed by atoms with Gasteiger partial charge in [-0.25, -0.2) is 0 Å². The molecule has 0 heterocycles. The Hall–Kier alpha value is -1.07. The smallest absolute Gasteiger partial charge is 0.257 e. The van der Waals surface area contributed by atoms with Crippen molar-refractivity contribution in [3.63, 3.8) is 0 Å². The number of nitrogens with one attached hydrogen (secondary N) is 1. The Balaban J connectivity index is 2.29. The van der Waals surface area contributed by atoms with E-state index in [0.29, 0.717) is 18.7 Å². The molecule has 0 atom stereocenters. The predicted molar refractivity (Wildman–Crippen MR) is 64.3 cm³/mol. The molecule has 0 aliphatic carbocycles. The van der Waals surface area contributed by atoms with Gasteiger partial charge in [0.25, 0.3) is 5.91 Å². The second kappa shape index (κ2) is 7.24. The number of ether oxygens (including phenoxy) is 1. The van der Waals surface area contributed by atoms with Gasteiger partial charge in [-0.1, -0.05) is 12.1 Å². The van der Waals surface area contributed by atoms with Crippen molar-refractivity contribution >= 4 is 21.8 Å². The topological polar surface area (TPSA) is 58.6 Å². The van der Waals surface area contributed by atoms with Crippen LogP contribution in [0.25, 0.3) is 0 Å².